The van der Waals surface area contributed by atoms with Crippen molar-refractivity contribution in [1.29, 1.82) is 0 Å². The van der Waals surface area contributed by atoms with Gasteiger partial charge in [0, 0.05) is 37.0 Å². The van der Waals surface area contributed by atoms with E-state index in [2.05, 4.69) is 10.6 Å². The minimum atomic E-state index is -3.58. The van der Waals surface area contributed by atoms with Crippen LogP contribution in [-0.4, -0.2) is 37.6 Å². The van der Waals surface area contributed by atoms with Gasteiger partial charge in [-0.1, -0.05) is 12.5 Å². The molecule has 8 heteroatoms. The molecule has 1 fully saturated rings. The third-order valence-electron chi connectivity index (χ3n) is 4.88. The second kappa shape index (κ2) is 8.75. The third-order valence-corrected chi connectivity index (χ3v) is 6.77. The molecule has 1 aliphatic heterocycles. The molecule has 154 valence electrons. The van der Waals surface area contributed by atoms with Crippen molar-refractivity contribution in [2.24, 2.45) is 0 Å². The summed E-state index contributed by atoms with van der Waals surface area (Å²) in [6, 6.07) is 11.3. The van der Waals surface area contributed by atoms with Gasteiger partial charge in [0.15, 0.2) is 0 Å². The Labute approximate surface area is 171 Å². The first-order chi connectivity index (χ1) is 13.8. The molecule has 2 amide bonds. The van der Waals surface area contributed by atoms with Crippen molar-refractivity contribution >= 4 is 33.2 Å². The number of hydrogen-bond acceptors (Lipinski definition) is 4. The fraction of sp³-hybridized carbons (Fsp3) is 0.333. The monoisotopic (exact) mass is 415 g/mol. The number of carbonyl (C=O) groups is 2. The van der Waals surface area contributed by atoms with Gasteiger partial charge in [-0.05, 0) is 61.7 Å². The molecule has 2 N–H and O–H groups in total. The van der Waals surface area contributed by atoms with Crippen molar-refractivity contribution in [1.82, 2.24) is 4.31 Å². The topological polar surface area (TPSA) is 95.6 Å². The largest absolute Gasteiger partial charge is 0.326 e. The Bertz CT molecular complexity index is 1010. The molecular weight excluding hydrogens is 390 g/mol. The number of anilines is 2. The lowest BCUT2D eigenvalue weighted by molar-refractivity contribution is -0.114. The Balaban J connectivity index is 1.79. The zero-order valence-electron chi connectivity index (χ0n) is 16.6. The molecule has 1 aliphatic rings. The number of nitrogens with one attached hydrogen (secondary N) is 2. The lowest BCUT2D eigenvalue weighted by atomic mass is 10.1. The van der Waals surface area contributed by atoms with Crippen LogP contribution in [0.2, 0.25) is 0 Å². The number of nitrogens with zero attached hydrogens (tertiary/aromatic N) is 1. The van der Waals surface area contributed by atoms with E-state index < -0.39 is 10.0 Å². The van der Waals surface area contributed by atoms with Gasteiger partial charge in [-0.25, -0.2) is 8.42 Å². The fourth-order valence-electron chi connectivity index (χ4n) is 3.25. The number of amides is 2. The summed E-state index contributed by atoms with van der Waals surface area (Å²) in [5, 5.41) is 5.44. The van der Waals surface area contributed by atoms with Crippen molar-refractivity contribution in [3.8, 4) is 0 Å². The van der Waals surface area contributed by atoms with Crippen LogP contribution in [0.15, 0.2) is 47.4 Å². The summed E-state index contributed by atoms with van der Waals surface area (Å²) in [5.41, 5.74) is 2.23. The maximum Gasteiger partial charge on any atom is 0.255 e. The van der Waals surface area contributed by atoms with Crippen LogP contribution in [0.4, 0.5) is 11.4 Å². The van der Waals surface area contributed by atoms with E-state index in [1.807, 2.05) is 6.92 Å². The summed E-state index contributed by atoms with van der Waals surface area (Å²) in [6.45, 7) is 4.28. The van der Waals surface area contributed by atoms with Crippen molar-refractivity contribution in [3.05, 3.63) is 53.6 Å². The third kappa shape index (κ3) is 5.02. The second-order valence-corrected chi connectivity index (χ2v) is 9.09. The van der Waals surface area contributed by atoms with E-state index in [4.69, 9.17) is 0 Å². The van der Waals surface area contributed by atoms with E-state index in [-0.39, 0.29) is 16.7 Å². The Kier molecular flexibility index (Phi) is 6.34. The molecule has 0 bridgehead atoms. The van der Waals surface area contributed by atoms with E-state index in [0.717, 1.165) is 24.8 Å². The smallest absolute Gasteiger partial charge is 0.255 e. The van der Waals surface area contributed by atoms with Crippen LogP contribution in [0.3, 0.4) is 0 Å². The highest BCUT2D eigenvalue weighted by molar-refractivity contribution is 7.89. The van der Waals surface area contributed by atoms with E-state index in [1.54, 1.807) is 36.4 Å². The van der Waals surface area contributed by atoms with Gasteiger partial charge in [0.25, 0.3) is 5.91 Å². The van der Waals surface area contributed by atoms with Crippen LogP contribution >= 0.6 is 0 Å². The van der Waals surface area contributed by atoms with Gasteiger partial charge in [0.05, 0.1) is 4.90 Å². The van der Waals surface area contributed by atoms with Crippen LogP contribution in [0.1, 0.15) is 42.1 Å². The number of benzene rings is 2. The second-order valence-electron chi connectivity index (χ2n) is 7.15. The van der Waals surface area contributed by atoms with Crippen LogP contribution < -0.4 is 10.6 Å². The number of hydrogen-bond donors (Lipinski definition) is 2. The summed E-state index contributed by atoms with van der Waals surface area (Å²) in [5.74, 6) is -0.542. The van der Waals surface area contributed by atoms with Crippen LogP contribution in [-0.2, 0) is 14.8 Å². The summed E-state index contributed by atoms with van der Waals surface area (Å²) < 4.78 is 27.3. The molecule has 2 aromatic rings. The van der Waals surface area contributed by atoms with Crippen molar-refractivity contribution < 1.29 is 18.0 Å². The molecule has 0 atom stereocenters. The number of piperidine rings is 1. The Morgan fingerprint density at radius 2 is 1.59 bits per heavy atom. The molecule has 0 saturated carbocycles. The standard InChI is InChI=1S/C21H25N3O4S/c1-15-6-11-19(29(27,28)24-12-4-3-5-13-24)14-20(15)23-21(26)17-7-9-18(10-8-17)22-16(2)25/h6-11,14H,3-5,12-13H2,1-2H3,(H,22,25)(H,23,26). The molecule has 0 aromatic heterocycles. The van der Waals surface area contributed by atoms with Gasteiger partial charge in [0.1, 0.15) is 0 Å². The predicted molar refractivity (Wildman–Crippen MR) is 112 cm³/mol. The molecule has 7 nitrogen and oxygen atoms in total. The number of rotatable bonds is 5. The van der Waals surface area contributed by atoms with Gasteiger partial charge < -0.3 is 10.6 Å². The highest BCUT2D eigenvalue weighted by atomic mass is 32.2. The Morgan fingerprint density at radius 3 is 2.21 bits per heavy atom. The molecule has 1 saturated heterocycles. The average Bonchev–Trinajstić information content (AvgIpc) is 2.70. The van der Waals surface area contributed by atoms with E-state index in [1.165, 1.54) is 17.3 Å². The van der Waals surface area contributed by atoms with Crippen molar-refractivity contribution in [2.75, 3.05) is 23.7 Å². The summed E-state index contributed by atoms with van der Waals surface area (Å²) in [4.78, 5) is 23.9. The van der Waals surface area contributed by atoms with E-state index in [9.17, 15) is 18.0 Å². The first kappa shape index (κ1) is 21.0. The molecular formula is C21H25N3O4S. The highest BCUT2D eigenvalue weighted by Crippen LogP contribution is 2.25. The molecule has 3 rings (SSSR count). The quantitative estimate of drug-likeness (QED) is 0.783. The van der Waals surface area contributed by atoms with Crippen LogP contribution in [0.25, 0.3) is 0 Å². The molecule has 1 heterocycles. The zero-order valence-corrected chi connectivity index (χ0v) is 17.4. The minimum absolute atomic E-state index is 0.182. The van der Waals surface area contributed by atoms with Gasteiger partial charge in [-0.15, -0.1) is 0 Å². The Morgan fingerprint density at radius 1 is 0.931 bits per heavy atom. The molecule has 29 heavy (non-hydrogen) atoms. The molecule has 0 unspecified atom stereocenters. The molecule has 0 spiro atoms. The number of carbonyl (C=O) groups excluding carboxylic acids is 2. The lowest BCUT2D eigenvalue weighted by Gasteiger charge is -2.26. The van der Waals surface area contributed by atoms with Gasteiger partial charge in [0.2, 0.25) is 15.9 Å². The molecule has 2 aromatic carbocycles. The first-order valence-corrected chi connectivity index (χ1v) is 11.0. The summed E-state index contributed by atoms with van der Waals surface area (Å²) >= 11 is 0. The van der Waals surface area contributed by atoms with Crippen molar-refractivity contribution in [3.63, 3.8) is 0 Å². The average molecular weight is 416 g/mol. The van der Waals surface area contributed by atoms with Crippen LogP contribution in [0, 0.1) is 6.92 Å². The van der Waals surface area contributed by atoms with E-state index >= 15 is 0 Å². The predicted octanol–water partition coefficient (Wildman–Crippen LogP) is 3.38. The maximum absolute atomic E-state index is 12.9. The van der Waals surface area contributed by atoms with Crippen molar-refractivity contribution in [2.45, 2.75) is 38.0 Å². The molecule has 0 radical (unpaired) electrons. The Hall–Kier alpha value is -2.71. The normalized spacial score (nSPS) is 15.0. The van der Waals surface area contributed by atoms with Gasteiger partial charge in [-0.3, -0.25) is 9.59 Å². The van der Waals surface area contributed by atoms with Crippen LogP contribution in [0.5, 0.6) is 0 Å². The van der Waals surface area contributed by atoms with Gasteiger partial charge in [-0.2, -0.15) is 4.31 Å². The number of sulfonamides is 1. The fourth-order valence-corrected chi connectivity index (χ4v) is 4.80. The van der Waals surface area contributed by atoms with Gasteiger partial charge >= 0.3 is 0 Å². The zero-order chi connectivity index (χ0) is 21.0. The number of aryl methyl sites for hydroxylation is 1. The lowest BCUT2D eigenvalue weighted by Crippen LogP contribution is -2.35. The minimum Gasteiger partial charge on any atom is -0.326 e. The summed E-state index contributed by atoms with van der Waals surface area (Å²) in [7, 11) is -3.58. The summed E-state index contributed by atoms with van der Waals surface area (Å²) in [6.07, 6.45) is 2.77. The SMILES string of the molecule is CC(=O)Nc1ccc(C(=O)Nc2cc(S(=O)(=O)N3CCCCC3)ccc2C)cc1. The van der Waals surface area contributed by atoms with E-state index in [0.29, 0.717) is 30.0 Å². The molecule has 0 aliphatic carbocycles. The maximum atomic E-state index is 12.9. The first-order valence-electron chi connectivity index (χ1n) is 9.57. The highest BCUT2D eigenvalue weighted by Gasteiger charge is 2.26.